The van der Waals surface area contributed by atoms with E-state index in [-0.39, 0.29) is 17.3 Å². The molecule has 2 aromatic carbocycles. The molecule has 1 N–H and O–H groups in total. The molecular formula is C21H15ClF3N3O4. The first-order valence-corrected chi connectivity index (χ1v) is 9.67. The van der Waals surface area contributed by atoms with E-state index < -0.39 is 36.6 Å². The van der Waals surface area contributed by atoms with Crippen molar-refractivity contribution >= 4 is 23.5 Å². The van der Waals surface area contributed by atoms with Crippen molar-refractivity contribution in [3.63, 3.8) is 0 Å². The zero-order valence-electron chi connectivity index (χ0n) is 16.2. The summed E-state index contributed by atoms with van der Waals surface area (Å²) in [6, 6.07) is 9.96. The molecule has 0 spiro atoms. The molecule has 32 heavy (non-hydrogen) atoms. The smallest absolute Gasteiger partial charge is 0.416 e. The molecule has 0 aliphatic carbocycles. The second-order valence-corrected chi connectivity index (χ2v) is 7.25. The molecule has 3 aromatic rings. The van der Waals surface area contributed by atoms with Gasteiger partial charge in [0.15, 0.2) is 11.9 Å². The van der Waals surface area contributed by atoms with E-state index in [1.807, 2.05) is 0 Å². The lowest BCUT2D eigenvalue weighted by Gasteiger charge is -2.24. The maximum atomic E-state index is 13.2. The van der Waals surface area contributed by atoms with Gasteiger partial charge in [-0.05, 0) is 42.0 Å². The molecule has 1 fully saturated rings. The Morgan fingerprint density at radius 1 is 1.12 bits per heavy atom. The van der Waals surface area contributed by atoms with E-state index in [1.165, 1.54) is 24.5 Å². The van der Waals surface area contributed by atoms with Crippen molar-refractivity contribution < 1.29 is 32.5 Å². The molecule has 4 rings (SSSR count). The van der Waals surface area contributed by atoms with Gasteiger partial charge in [0, 0.05) is 5.02 Å². The number of aromatic nitrogens is 2. The van der Waals surface area contributed by atoms with Gasteiger partial charge in [0.05, 0.1) is 24.6 Å². The molecule has 11 heteroatoms. The highest BCUT2D eigenvalue weighted by molar-refractivity contribution is 6.30. The molecule has 0 bridgehead atoms. The maximum Gasteiger partial charge on any atom is 0.416 e. The van der Waals surface area contributed by atoms with Gasteiger partial charge in [-0.1, -0.05) is 23.7 Å². The second kappa shape index (κ2) is 8.64. The van der Waals surface area contributed by atoms with Crippen LogP contribution in [0.3, 0.4) is 0 Å². The number of halogens is 4. The van der Waals surface area contributed by atoms with Gasteiger partial charge in [-0.25, -0.2) is 19.7 Å². The summed E-state index contributed by atoms with van der Waals surface area (Å²) in [7, 11) is 0. The van der Waals surface area contributed by atoms with E-state index in [9.17, 15) is 23.1 Å². The van der Waals surface area contributed by atoms with Crippen LogP contribution in [0.1, 0.15) is 17.2 Å². The molecule has 2 atom stereocenters. The summed E-state index contributed by atoms with van der Waals surface area (Å²) in [6.45, 7) is -0.589. The highest BCUT2D eigenvalue weighted by atomic mass is 35.5. The molecule has 166 valence electrons. The first-order valence-electron chi connectivity index (χ1n) is 9.29. The first kappa shape index (κ1) is 21.8. The van der Waals surface area contributed by atoms with E-state index >= 15 is 0 Å². The van der Waals surface area contributed by atoms with E-state index in [0.29, 0.717) is 10.8 Å². The van der Waals surface area contributed by atoms with E-state index in [1.54, 1.807) is 24.3 Å². The minimum atomic E-state index is -4.57. The summed E-state index contributed by atoms with van der Waals surface area (Å²) < 4.78 is 50.2. The van der Waals surface area contributed by atoms with Gasteiger partial charge >= 0.3 is 12.3 Å². The molecule has 7 nitrogen and oxygen atoms in total. The minimum absolute atomic E-state index is 0.0248. The number of rotatable bonds is 5. The third-order valence-electron chi connectivity index (χ3n) is 4.71. The van der Waals surface area contributed by atoms with Gasteiger partial charge in [0.2, 0.25) is 5.88 Å². The normalized spacial score (nSPS) is 18.5. The molecule has 0 saturated carbocycles. The van der Waals surface area contributed by atoms with Crippen molar-refractivity contribution in [2.24, 2.45) is 0 Å². The number of amides is 1. The van der Waals surface area contributed by atoms with Gasteiger partial charge in [0.25, 0.3) is 0 Å². The zero-order valence-corrected chi connectivity index (χ0v) is 16.9. The Morgan fingerprint density at radius 3 is 2.50 bits per heavy atom. The molecule has 0 radical (unpaired) electrons. The number of aliphatic hydroxyl groups excluding tert-OH is 1. The average Bonchev–Trinajstić information content (AvgIpc) is 3.11. The van der Waals surface area contributed by atoms with Crippen LogP contribution in [0.4, 0.5) is 23.8 Å². The number of ether oxygens (including phenoxy) is 2. The Morgan fingerprint density at radius 2 is 1.88 bits per heavy atom. The summed E-state index contributed by atoms with van der Waals surface area (Å²) in [6.07, 6.45) is -4.04. The summed E-state index contributed by atoms with van der Waals surface area (Å²) in [5, 5.41) is 10.2. The Kier molecular flexibility index (Phi) is 5.90. The van der Waals surface area contributed by atoms with Crippen LogP contribution in [0.2, 0.25) is 5.02 Å². The number of hydrogen-bond donors (Lipinski definition) is 1. The number of carbonyl (C=O) groups is 1. The fourth-order valence-electron chi connectivity index (χ4n) is 3.28. The number of cyclic esters (lactones) is 1. The predicted octanol–water partition coefficient (Wildman–Crippen LogP) is 5.00. The van der Waals surface area contributed by atoms with Crippen LogP contribution in [-0.4, -0.2) is 33.9 Å². The van der Waals surface area contributed by atoms with Crippen molar-refractivity contribution in [3.05, 3.63) is 77.1 Å². The number of benzene rings is 2. The number of nitrogens with zero attached hydrogens (tertiary/aromatic N) is 3. The Labute approximate surface area is 185 Å². The lowest BCUT2D eigenvalue weighted by atomic mass is 9.99. The summed E-state index contributed by atoms with van der Waals surface area (Å²) >= 11 is 5.83. The van der Waals surface area contributed by atoms with Gasteiger partial charge in [-0.15, -0.1) is 0 Å². The molecular weight excluding hydrogens is 451 g/mol. The van der Waals surface area contributed by atoms with Gasteiger partial charge < -0.3 is 14.6 Å². The number of anilines is 1. The van der Waals surface area contributed by atoms with Crippen molar-refractivity contribution in [2.75, 3.05) is 11.5 Å². The SMILES string of the molecule is O=C1O[C@@H](CO)[C@H](c2cccc(C(F)(F)F)c2)N1c1cnc(Oc2ccc(Cl)cc2)cn1. The van der Waals surface area contributed by atoms with Gasteiger partial charge in [0.1, 0.15) is 11.8 Å². The van der Waals surface area contributed by atoms with Gasteiger partial charge in [-0.3, -0.25) is 0 Å². The van der Waals surface area contributed by atoms with Crippen LogP contribution < -0.4 is 9.64 Å². The Hall–Kier alpha value is -3.37. The maximum absolute atomic E-state index is 13.2. The molecule has 2 heterocycles. The molecule has 1 amide bonds. The molecule has 1 saturated heterocycles. The Bertz CT molecular complexity index is 1110. The predicted molar refractivity (Wildman–Crippen MR) is 108 cm³/mol. The molecule has 1 aliphatic rings. The molecule has 0 unspecified atom stereocenters. The molecule has 1 aromatic heterocycles. The van der Waals surface area contributed by atoms with Crippen LogP contribution in [-0.2, 0) is 10.9 Å². The van der Waals surface area contributed by atoms with Crippen molar-refractivity contribution in [2.45, 2.75) is 18.3 Å². The van der Waals surface area contributed by atoms with Crippen molar-refractivity contribution in [1.29, 1.82) is 0 Å². The average molecular weight is 466 g/mol. The fraction of sp³-hybridized carbons (Fsp3) is 0.190. The van der Waals surface area contributed by atoms with Crippen molar-refractivity contribution in [1.82, 2.24) is 9.97 Å². The third-order valence-corrected chi connectivity index (χ3v) is 4.96. The number of hydrogen-bond acceptors (Lipinski definition) is 6. The third kappa shape index (κ3) is 4.46. The quantitative estimate of drug-likeness (QED) is 0.571. The Balaban J connectivity index is 1.63. The standard InChI is InChI=1S/C21H15ClF3N3O4/c22-14-4-6-15(7-5-14)31-18-10-26-17(9-27-18)28-19(16(11-29)32-20(28)30)12-2-1-3-13(8-12)21(23,24)25/h1-10,16,19,29H,11H2/t16-,19-/m0/s1. The summed E-state index contributed by atoms with van der Waals surface area (Å²) in [4.78, 5) is 21.8. The van der Waals surface area contributed by atoms with Crippen LogP contribution in [0.15, 0.2) is 60.9 Å². The van der Waals surface area contributed by atoms with Crippen LogP contribution in [0, 0.1) is 0 Å². The topological polar surface area (TPSA) is 84.8 Å². The molecule has 1 aliphatic heterocycles. The lowest BCUT2D eigenvalue weighted by molar-refractivity contribution is -0.137. The second-order valence-electron chi connectivity index (χ2n) is 6.81. The highest BCUT2D eigenvalue weighted by Gasteiger charge is 2.45. The monoisotopic (exact) mass is 465 g/mol. The zero-order chi connectivity index (χ0) is 22.9. The fourth-order valence-corrected chi connectivity index (χ4v) is 3.40. The van der Waals surface area contributed by atoms with E-state index in [0.717, 1.165) is 17.0 Å². The van der Waals surface area contributed by atoms with Crippen LogP contribution in [0.5, 0.6) is 11.6 Å². The largest absolute Gasteiger partial charge is 0.441 e. The van der Waals surface area contributed by atoms with Crippen molar-refractivity contribution in [3.8, 4) is 11.6 Å². The van der Waals surface area contributed by atoms with Crippen LogP contribution in [0.25, 0.3) is 0 Å². The van der Waals surface area contributed by atoms with E-state index in [2.05, 4.69) is 9.97 Å². The van der Waals surface area contributed by atoms with Crippen LogP contribution >= 0.6 is 11.6 Å². The minimum Gasteiger partial charge on any atom is -0.441 e. The first-order chi connectivity index (χ1) is 15.3. The summed E-state index contributed by atoms with van der Waals surface area (Å²) in [5.74, 6) is 0.606. The van der Waals surface area contributed by atoms with Gasteiger partial charge in [-0.2, -0.15) is 13.2 Å². The highest BCUT2D eigenvalue weighted by Crippen LogP contribution is 2.39. The number of alkyl halides is 3. The number of aliphatic hydroxyl groups is 1. The summed E-state index contributed by atoms with van der Waals surface area (Å²) in [5.41, 5.74) is -0.753. The lowest BCUT2D eigenvalue weighted by Crippen LogP contribution is -2.31. The number of carbonyl (C=O) groups excluding carboxylic acids is 1. The van der Waals surface area contributed by atoms with E-state index in [4.69, 9.17) is 21.1 Å².